The van der Waals surface area contributed by atoms with E-state index < -0.39 is 5.82 Å². The first-order valence-electron chi connectivity index (χ1n) is 8.20. The van der Waals surface area contributed by atoms with Crippen molar-refractivity contribution in [3.05, 3.63) is 79.8 Å². The second kappa shape index (κ2) is 7.66. The zero-order valence-electron chi connectivity index (χ0n) is 14.5. The Balaban J connectivity index is 1.71. The van der Waals surface area contributed by atoms with Crippen LogP contribution < -0.4 is 10.3 Å². The molecule has 7 nitrogen and oxygen atoms in total. The van der Waals surface area contributed by atoms with Gasteiger partial charge < -0.3 is 9.72 Å². The van der Waals surface area contributed by atoms with Crippen LogP contribution in [0.5, 0.6) is 11.5 Å². The average molecular weight is 475 g/mol. The van der Waals surface area contributed by atoms with Gasteiger partial charge in [0.15, 0.2) is 22.7 Å². The Bertz CT molecular complexity index is 1340. The third-order valence-corrected chi connectivity index (χ3v) is 4.86. The molecule has 1 N–H and O–H groups in total. The van der Waals surface area contributed by atoms with Crippen LogP contribution in [0.1, 0.15) is 11.1 Å². The van der Waals surface area contributed by atoms with Crippen molar-refractivity contribution in [2.24, 2.45) is 0 Å². The van der Waals surface area contributed by atoms with E-state index in [1.165, 1.54) is 35.4 Å². The van der Waals surface area contributed by atoms with Crippen molar-refractivity contribution in [2.45, 2.75) is 6.54 Å². The number of fused-ring (bicyclic) bond motifs is 1. The minimum atomic E-state index is -0.715. The molecule has 2 aromatic heterocycles. The molecule has 0 spiro atoms. The zero-order valence-corrected chi connectivity index (χ0v) is 16.8. The molecule has 144 valence electrons. The van der Waals surface area contributed by atoms with Crippen LogP contribution in [0.3, 0.4) is 0 Å². The SMILES string of the molecule is N#Cc1cc(Br)cc(Oc2c(Cl)ccc(Cn3cnc4nc[nH]c4c3=O)c2F)c1. The zero-order chi connectivity index (χ0) is 20.5. The van der Waals surface area contributed by atoms with Gasteiger partial charge in [-0.25, -0.2) is 14.4 Å². The highest BCUT2D eigenvalue weighted by atomic mass is 79.9. The lowest BCUT2D eigenvalue weighted by atomic mass is 10.2. The summed E-state index contributed by atoms with van der Waals surface area (Å²) < 4.78 is 22.6. The van der Waals surface area contributed by atoms with E-state index in [2.05, 4.69) is 30.9 Å². The molecule has 0 saturated carbocycles. The van der Waals surface area contributed by atoms with Crippen LogP contribution in [-0.4, -0.2) is 19.5 Å². The monoisotopic (exact) mass is 473 g/mol. The van der Waals surface area contributed by atoms with Crippen LogP contribution in [-0.2, 0) is 6.54 Å². The van der Waals surface area contributed by atoms with Crippen molar-refractivity contribution >= 4 is 38.7 Å². The molecular formula is C19H10BrClFN5O2. The molecule has 0 saturated heterocycles. The van der Waals surface area contributed by atoms with Gasteiger partial charge in [0.1, 0.15) is 12.1 Å². The van der Waals surface area contributed by atoms with Crippen molar-refractivity contribution in [3.63, 3.8) is 0 Å². The summed E-state index contributed by atoms with van der Waals surface area (Å²) in [6, 6.07) is 9.60. The number of nitrogens with one attached hydrogen (secondary N) is 1. The van der Waals surface area contributed by atoms with E-state index in [9.17, 15) is 4.79 Å². The second-order valence-electron chi connectivity index (χ2n) is 6.02. The lowest BCUT2D eigenvalue weighted by Crippen LogP contribution is -2.21. The van der Waals surface area contributed by atoms with E-state index in [-0.39, 0.29) is 45.4 Å². The van der Waals surface area contributed by atoms with Crippen LogP contribution >= 0.6 is 27.5 Å². The van der Waals surface area contributed by atoms with Crippen molar-refractivity contribution in [3.8, 4) is 17.6 Å². The van der Waals surface area contributed by atoms with Gasteiger partial charge in [-0.2, -0.15) is 5.26 Å². The van der Waals surface area contributed by atoms with Gasteiger partial charge in [-0.1, -0.05) is 33.6 Å². The maximum atomic E-state index is 15.1. The smallest absolute Gasteiger partial charge is 0.279 e. The molecule has 4 aromatic rings. The van der Waals surface area contributed by atoms with Crippen molar-refractivity contribution < 1.29 is 9.13 Å². The molecule has 0 bridgehead atoms. The molecule has 0 aliphatic rings. The number of aromatic amines is 1. The predicted octanol–water partition coefficient (Wildman–Crippen LogP) is 4.39. The van der Waals surface area contributed by atoms with E-state index in [1.807, 2.05) is 6.07 Å². The quantitative estimate of drug-likeness (QED) is 0.473. The molecule has 0 amide bonds. The highest BCUT2D eigenvalue weighted by Gasteiger charge is 2.17. The maximum absolute atomic E-state index is 15.1. The van der Waals surface area contributed by atoms with E-state index in [0.29, 0.717) is 10.0 Å². The largest absolute Gasteiger partial charge is 0.453 e. The first-order valence-corrected chi connectivity index (χ1v) is 9.37. The number of imidazole rings is 1. The van der Waals surface area contributed by atoms with Crippen molar-refractivity contribution in [2.75, 3.05) is 0 Å². The Morgan fingerprint density at radius 1 is 1.31 bits per heavy atom. The van der Waals surface area contributed by atoms with Crippen LogP contribution in [0.4, 0.5) is 4.39 Å². The van der Waals surface area contributed by atoms with E-state index in [0.717, 1.165) is 0 Å². The van der Waals surface area contributed by atoms with Gasteiger partial charge in [0, 0.05) is 10.0 Å². The fourth-order valence-electron chi connectivity index (χ4n) is 2.75. The Morgan fingerprint density at radius 3 is 2.93 bits per heavy atom. The van der Waals surface area contributed by atoms with Gasteiger partial charge in [0.25, 0.3) is 5.56 Å². The van der Waals surface area contributed by atoms with Gasteiger partial charge in [-0.3, -0.25) is 9.36 Å². The molecular weight excluding hydrogens is 465 g/mol. The van der Waals surface area contributed by atoms with Gasteiger partial charge in [-0.15, -0.1) is 0 Å². The maximum Gasteiger partial charge on any atom is 0.279 e. The summed E-state index contributed by atoms with van der Waals surface area (Å²) in [6.45, 7) is -0.0813. The Labute approximate surface area is 176 Å². The van der Waals surface area contributed by atoms with Crippen LogP contribution in [0.15, 0.2) is 52.3 Å². The van der Waals surface area contributed by atoms with Gasteiger partial charge in [0.05, 0.1) is 29.5 Å². The minimum Gasteiger partial charge on any atom is -0.453 e. The van der Waals surface area contributed by atoms with Gasteiger partial charge in [0.2, 0.25) is 0 Å². The number of rotatable bonds is 4. The molecule has 2 heterocycles. The number of H-pyrrole nitrogens is 1. The summed E-state index contributed by atoms with van der Waals surface area (Å²) in [5.41, 5.74) is 0.663. The first kappa shape index (κ1) is 19.1. The molecule has 10 heteroatoms. The average Bonchev–Trinajstić information content (AvgIpc) is 3.18. The lowest BCUT2D eigenvalue weighted by Gasteiger charge is -2.13. The molecule has 2 aromatic carbocycles. The molecule has 29 heavy (non-hydrogen) atoms. The molecule has 4 rings (SSSR count). The standard InChI is InChI=1S/C19H10BrClFN5O2/c20-12-3-10(6-23)4-13(5-12)29-17-14(21)2-1-11(15(17)22)7-27-9-26-18-16(19(27)28)24-8-25-18/h1-5,8-9H,7H2,(H,24,25). The second-order valence-corrected chi connectivity index (χ2v) is 7.34. The third-order valence-electron chi connectivity index (χ3n) is 4.10. The van der Waals surface area contributed by atoms with Crippen LogP contribution in [0.25, 0.3) is 11.2 Å². The Kier molecular flexibility index (Phi) is 5.05. The summed E-state index contributed by atoms with van der Waals surface area (Å²) in [5.74, 6) is -0.672. The Morgan fingerprint density at radius 2 is 2.14 bits per heavy atom. The summed E-state index contributed by atoms with van der Waals surface area (Å²) in [6.07, 6.45) is 2.67. The van der Waals surface area contributed by atoms with Gasteiger partial charge >= 0.3 is 0 Å². The third kappa shape index (κ3) is 3.72. The normalized spacial score (nSPS) is 10.8. The van der Waals surface area contributed by atoms with E-state index >= 15 is 4.39 Å². The first-order chi connectivity index (χ1) is 14.0. The minimum absolute atomic E-state index is 0.0548. The summed E-state index contributed by atoms with van der Waals surface area (Å²) in [4.78, 5) is 23.2. The number of nitrogens with zero attached hydrogens (tertiary/aromatic N) is 4. The van der Waals surface area contributed by atoms with E-state index in [1.54, 1.807) is 12.1 Å². The summed E-state index contributed by atoms with van der Waals surface area (Å²) in [5, 5.41) is 9.14. The number of benzene rings is 2. The number of hydrogen-bond donors (Lipinski definition) is 1. The van der Waals surface area contributed by atoms with Crippen LogP contribution in [0, 0.1) is 17.1 Å². The lowest BCUT2D eigenvalue weighted by molar-refractivity contribution is 0.437. The fraction of sp³-hybridized carbons (Fsp3) is 0.0526. The van der Waals surface area contributed by atoms with E-state index in [4.69, 9.17) is 21.6 Å². The molecule has 0 aliphatic carbocycles. The predicted molar refractivity (Wildman–Crippen MR) is 108 cm³/mol. The number of ether oxygens (including phenoxy) is 1. The number of halogens is 3. The highest BCUT2D eigenvalue weighted by Crippen LogP contribution is 2.35. The van der Waals surface area contributed by atoms with Crippen molar-refractivity contribution in [1.82, 2.24) is 19.5 Å². The van der Waals surface area contributed by atoms with Crippen LogP contribution in [0.2, 0.25) is 5.02 Å². The van der Waals surface area contributed by atoms with Crippen molar-refractivity contribution in [1.29, 1.82) is 5.26 Å². The Hall–Kier alpha value is -3.22. The topological polar surface area (TPSA) is 96.6 Å². The van der Waals surface area contributed by atoms with Gasteiger partial charge in [-0.05, 0) is 24.3 Å². The number of hydrogen-bond acceptors (Lipinski definition) is 5. The molecule has 0 atom stereocenters. The fourth-order valence-corrected chi connectivity index (χ4v) is 3.41. The molecule has 0 aliphatic heterocycles. The molecule has 0 unspecified atom stereocenters. The summed E-state index contributed by atoms with van der Waals surface area (Å²) >= 11 is 9.40. The number of nitriles is 1. The molecule has 0 fully saturated rings. The summed E-state index contributed by atoms with van der Waals surface area (Å²) in [7, 11) is 0. The molecule has 0 radical (unpaired) electrons. The highest BCUT2D eigenvalue weighted by molar-refractivity contribution is 9.10. The number of aromatic nitrogens is 4.